The smallest absolute Gasteiger partial charge is 0.169 e. The second-order valence-electron chi connectivity index (χ2n) is 10.6. The first-order chi connectivity index (χ1) is 18.5. The van der Waals surface area contributed by atoms with Crippen LogP contribution < -0.4 is 9.47 Å². The average Bonchev–Trinajstić information content (AvgIpc) is 2.96. The number of aryl methyl sites for hydroxylation is 1. The Hall–Kier alpha value is -2.72. The minimum Gasteiger partial charge on any atom is -0.369 e. The Morgan fingerprint density at radius 1 is 0.763 bits per heavy atom. The molecule has 0 saturated carbocycles. The lowest BCUT2D eigenvalue weighted by molar-refractivity contribution is -0.925. The zero-order valence-corrected chi connectivity index (χ0v) is 24.6. The van der Waals surface area contributed by atoms with Crippen molar-refractivity contribution in [3.05, 3.63) is 71.8 Å². The van der Waals surface area contributed by atoms with Crippen LogP contribution in [0.1, 0.15) is 77.8 Å². The van der Waals surface area contributed by atoms with Gasteiger partial charge in [-0.05, 0) is 62.3 Å². The molecule has 0 aliphatic heterocycles. The first-order valence-electron chi connectivity index (χ1n) is 15.0. The maximum Gasteiger partial charge on any atom is 0.169 e. The van der Waals surface area contributed by atoms with Gasteiger partial charge in [0.15, 0.2) is 24.8 Å². The molecule has 3 nitrogen and oxygen atoms in total. The van der Waals surface area contributed by atoms with Gasteiger partial charge in [0.1, 0.15) is 0 Å². The molecule has 0 unspecified atom stereocenters. The Balaban J connectivity index is 1.67. The molecule has 0 radical (unpaired) electrons. The molecule has 0 aliphatic rings. The minimum atomic E-state index is -0.0919. The van der Waals surface area contributed by atoms with Crippen LogP contribution in [0.3, 0.4) is 0 Å². The zero-order valence-electron chi connectivity index (χ0n) is 24.6. The van der Waals surface area contributed by atoms with E-state index in [1.807, 2.05) is 18.2 Å². The first-order valence-corrected chi connectivity index (χ1v) is 15.0. The van der Waals surface area contributed by atoms with Crippen LogP contribution in [0.5, 0.6) is 0 Å². The van der Waals surface area contributed by atoms with E-state index in [1.165, 1.54) is 42.6 Å². The van der Waals surface area contributed by atoms with Gasteiger partial charge in [-0.3, -0.25) is 0 Å². The number of unbranched alkanes of at least 4 members (excludes halogenated alkanes) is 2. The molecule has 4 heteroatoms. The third-order valence-electron chi connectivity index (χ3n) is 8.31. The third kappa shape index (κ3) is 7.89. The lowest BCUT2D eigenvalue weighted by Crippen LogP contribution is -2.49. The van der Waals surface area contributed by atoms with Gasteiger partial charge in [-0.25, -0.2) is 8.96 Å². The van der Waals surface area contributed by atoms with Crippen molar-refractivity contribution in [3.8, 4) is 0 Å². The van der Waals surface area contributed by atoms with Gasteiger partial charge in [-0.2, -0.15) is 0 Å². The van der Waals surface area contributed by atoms with E-state index in [9.17, 15) is 0 Å². The summed E-state index contributed by atoms with van der Waals surface area (Å²) >= 11 is 0. The van der Waals surface area contributed by atoms with E-state index in [4.69, 9.17) is 0 Å². The Morgan fingerprint density at radius 3 is 2.00 bits per heavy atom. The molecule has 0 aliphatic carbocycles. The molecule has 1 heterocycles. The van der Waals surface area contributed by atoms with Crippen LogP contribution in [0, 0.1) is 5.82 Å². The quantitative estimate of drug-likeness (QED) is 0.137. The van der Waals surface area contributed by atoms with E-state index >= 15 is 4.39 Å². The summed E-state index contributed by atoms with van der Waals surface area (Å²) in [5, 5.41) is 1.65. The number of aromatic nitrogens is 1. The van der Waals surface area contributed by atoms with Crippen LogP contribution >= 0.6 is 0 Å². The third-order valence-corrected chi connectivity index (χ3v) is 8.31. The van der Waals surface area contributed by atoms with Crippen molar-refractivity contribution in [1.82, 2.24) is 0 Å². The molecule has 0 fully saturated rings. The number of rotatable bonds is 16. The lowest BCUT2D eigenvalue weighted by atomic mass is 10.0. The highest BCUT2D eigenvalue weighted by atomic mass is 19.1. The molecule has 0 bridgehead atoms. The van der Waals surface area contributed by atoms with Gasteiger partial charge in [-0.15, -0.1) is 0 Å². The fourth-order valence-corrected chi connectivity index (χ4v) is 5.35. The summed E-state index contributed by atoms with van der Waals surface area (Å²) in [7, 11) is 0. The first kappa shape index (κ1) is 29.8. The summed E-state index contributed by atoms with van der Waals surface area (Å²) in [5.41, 5.74) is 3.00. The molecule has 3 aromatic rings. The average molecular weight is 520 g/mol. The van der Waals surface area contributed by atoms with Crippen molar-refractivity contribution < 1.29 is 13.4 Å². The molecule has 0 N–H and O–H groups in total. The van der Waals surface area contributed by atoms with Crippen molar-refractivity contribution in [3.63, 3.8) is 0 Å². The van der Waals surface area contributed by atoms with Crippen LogP contribution in [-0.2, 0) is 6.54 Å². The summed E-state index contributed by atoms with van der Waals surface area (Å²) in [5.74, 6) is -0.0919. The largest absolute Gasteiger partial charge is 0.369 e. The Labute approximate surface area is 231 Å². The minimum absolute atomic E-state index is 0.0919. The van der Waals surface area contributed by atoms with Crippen molar-refractivity contribution in [2.75, 3.05) is 44.2 Å². The predicted octanol–water partition coefficient (Wildman–Crippen LogP) is 8.11. The molecule has 2 aromatic carbocycles. The number of fused-ring (bicyclic) bond motifs is 1. The van der Waals surface area contributed by atoms with E-state index in [1.54, 1.807) is 0 Å². The summed E-state index contributed by atoms with van der Waals surface area (Å²) in [4.78, 5) is 2.23. The fraction of sp³-hybridized carbons (Fsp3) is 0.500. The molecule has 0 spiro atoms. The van der Waals surface area contributed by atoms with E-state index in [-0.39, 0.29) is 5.82 Å². The normalized spacial score (nSPS) is 12.1. The van der Waals surface area contributed by atoms with Gasteiger partial charge in [0.05, 0.1) is 38.3 Å². The second-order valence-corrected chi connectivity index (χ2v) is 10.6. The van der Waals surface area contributed by atoms with E-state index in [0.717, 1.165) is 62.0 Å². The van der Waals surface area contributed by atoms with Gasteiger partial charge in [0, 0.05) is 30.6 Å². The van der Waals surface area contributed by atoms with Crippen LogP contribution in [0.15, 0.2) is 54.9 Å². The predicted molar refractivity (Wildman–Crippen MR) is 163 cm³/mol. The van der Waals surface area contributed by atoms with Gasteiger partial charge in [-0.1, -0.05) is 57.0 Å². The number of hydrogen-bond acceptors (Lipinski definition) is 1. The van der Waals surface area contributed by atoms with Crippen molar-refractivity contribution in [2.24, 2.45) is 0 Å². The SMILES string of the molecule is CCCCN(CCCC)c1ccc2cc(/C=C/c3cc[n+](CCC[N+](CC)(CC)CC)cc3)ccc2c1F. The maximum absolute atomic E-state index is 15.5. The van der Waals surface area contributed by atoms with Crippen molar-refractivity contribution in [2.45, 2.75) is 73.3 Å². The molecule has 0 atom stereocenters. The number of halogens is 1. The number of benzene rings is 2. The molecule has 38 heavy (non-hydrogen) atoms. The van der Waals surface area contributed by atoms with Gasteiger partial charge >= 0.3 is 0 Å². The molecular weight excluding hydrogens is 469 g/mol. The van der Waals surface area contributed by atoms with Crippen molar-refractivity contribution in [1.29, 1.82) is 0 Å². The van der Waals surface area contributed by atoms with E-state index < -0.39 is 0 Å². The Bertz CT molecular complexity index is 1130. The number of pyridine rings is 1. The highest BCUT2D eigenvalue weighted by molar-refractivity contribution is 5.89. The number of anilines is 1. The van der Waals surface area contributed by atoms with Crippen LogP contribution in [-0.4, -0.2) is 43.8 Å². The van der Waals surface area contributed by atoms with Crippen LogP contribution in [0.2, 0.25) is 0 Å². The zero-order chi connectivity index (χ0) is 27.4. The molecule has 3 rings (SSSR count). The van der Waals surface area contributed by atoms with Gasteiger partial charge in [0.25, 0.3) is 0 Å². The summed E-state index contributed by atoms with van der Waals surface area (Å²) in [6.45, 7) is 19.0. The highest BCUT2D eigenvalue weighted by Gasteiger charge is 2.20. The highest BCUT2D eigenvalue weighted by Crippen LogP contribution is 2.29. The van der Waals surface area contributed by atoms with Gasteiger partial charge < -0.3 is 9.38 Å². The molecular formula is C34H50FN3+2. The van der Waals surface area contributed by atoms with Crippen LogP contribution in [0.4, 0.5) is 10.1 Å². The molecule has 1 aromatic heterocycles. The summed E-state index contributed by atoms with van der Waals surface area (Å²) in [6, 6.07) is 14.4. The molecule has 206 valence electrons. The number of nitrogens with zero attached hydrogens (tertiary/aromatic N) is 3. The number of quaternary nitrogens is 1. The van der Waals surface area contributed by atoms with E-state index in [0.29, 0.717) is 5.39 Å². The molecule has 0 saturated heterocycles. The number of hydrogen-bond donors (Lipinski definition) is 0. The Kier molecular flexibility index (Phi) is 11.8. The van der Waals surface area contributed by atoms with Crippen molar-refractivity contribution >= 4 is 28.6 Å². The standard InChI is InChI=1S/C34H50FN3/c1-6-11-23-37(24-12-7-2)33-19-17-31-28-30(16-18-32(31)34(33)35)15-14-29-20-25-36(26-21-29)22-13-27-38(8-3,9-4)10-5/h14-21,25-26,28H,6-13,22-24,27H2,1-5H3/q+2. The topological polar surface area (TPSA) is 7.12 Å². The van der Waals surface area contributed by atoms with Crippen LogP contribution in [0.25, 0.3) is 22.9 Å². The lowest BCUT2D eigenvalue weighted by Gasteiger charge is -2.35. The summed E-state index contributed by atoms with van der Waals surface area (Å²) in [6.07, 6.45) is 14.2. The fourth-order valence-electron chi connectivity index (χ4n) is 5.35. The maximum atomic E-state index is 15.5. The van der Waals surface area contributed by atoms with Gasteiger partial charge in [0.2, 0.25) is 0 Å². The summed E-state index contributed by atoms with van der Waals surface area (Å²) < 4.78 is 19.0. The van der Waals surface area contributed by atoms with E-state index in [2.05, 4.69) is 92.9 Å². The molecule has 0 amide bonds. The Morgan fingerprint density at radius 2 is 1.39 bits per heavy atom. The second kappa shape index (κ2) is 15.0. The monoisotopic (exact) mass is 519 g/mol.